The van der Waals surface area contributed by atoms with Crippen LogP contribution < -0.4 is 14.3 Å². The molecule has 2 aliphatic carbocycles. The van der Waals surface area contributed by atoms with Gasteiger partial charge in [0.1, 0.15) is 0 Å². The summed E-state index contributed by atoms with van der Waals surface area (Å²) in [6.07, 6.45) is 11.4. The van der Waals surface area contributed by atoms with E-state index in [1.54, 1.807) is 29.2 Å². The first-order chi connectivity index (χ1) is 17.1. The minimum absolute atomic E-state index is 0.0692. The number of sulfonamides is 2. The van der Waals surface area contributed by atoms with E-state index >= 15 is 0 Å². The average molecular weight is 530 g/mol. The van der Waals surface area contributed by atoms with E-state index in [9.17, 15) is 21.6 Å². The fourth-order valence-electron chi connectivity index (χ4n) is 5.74. The zero-order valence-corrected chi connectivity index (χ0v) is 21.9. The van der Waals surface area contributed by atoms with E-state index in [1.807, 2.05) is 18.2 Å². The van der Waals surface area contributed by atoms with Crippen LogP contribution in [0.2, 0.25) is 0 Å². The van der Waals surface area contributed by atoms with Crippen LogP contribution in [0, 0.1) is 0 Å². The normalized spacial score (nSPS) is 19.5. The van der Waals surface area contributed by atoms with Gasteiger partial charge in [-0.05, 0) is 67.6 Å². The lowest BCUT2D eigenvalue weighted by atomic mass is 9.70. The number of rotatable bonds is 6. The Labute approximate surface area is 212 Å². The Hall–Kier alpha value is -2.69. The van der Waals surface area contributed by atoms with Crippen LogP contribution in [-0.4, -0.2) is 41.6 Å². The quantitative estimate of drug-likeness (QED) is 0.551. The van der Waals surface area contributed by atoms with Gasteiger partial charge in [-0.3, -0.25) is 9.52 Å². The highest BCUT2D eigenvalue weighted by atomic mass is 32.2. The molecule has 2 N–H and O–H groups in total. The second-order valence-corrected chi connectivity index (χ2v) is 13.6. The summed E-state index contributed by atoms with van der Waals surface area (Å²) in [7, 11) is -7.19. The molecule has 2 aromatic rings. The summed E-state index contributed by atoms with van der Waals surface area (Å²) in [5.74, 6) is -0.262. The molecular formula is C26H31N3O5S2. The van der Waals surface area contributed by atoms with Crippen molar-refractivity contribution >= 4 is 37.3 Å². The van der Waals surface area contributed by atoms with E-state index in [4.69, 9.17) is 0 Å². The van der Waals surface area contributed by atoms with E-state index in [0.29, 0.717) is 30.6 Å². The first kappa shape index (κ1) is 25.0. The van der Waals surface area contributed by atoms with E-state index < -0.39 is 20.0 Å². The van der Waals surface area contributed by atoms with Crippen LogP contribution >= 0.6 is 0 Å². The number of nitrogens with zero attached hydrogens (tertiary/aromatic N) is 1. The van der Waals surface area contributed by atoms with Gasteiger partial charge in [0.25, 0.3) is 5.91 Å². The Balaban J connectivity index is 1.47. The molecule has 0 aromatic heterocycles. The number of amides is 1. The van der Waals surface area contributed by atoms with Gasteiger partial charge in [-0.2, -0.15) is 0 Å². The summed E-state index contributed by atoms with van der Waals surface area (Å²) >= 11 is 0. The molecule has 36 heavy (non-hydrogen) atoms. The van der Waals surface area contributed by atoms with Crippen LogP contribution in [0.3, 0.4) is 0 Å². The van der Waals surface area contributed by atoms with Crippen molar-refractivity contribution in [3.8, 4) is 0 Å². The van der Waals surface area contributed by atoms with Crippen LogP contribution in [0.15, 0.2) is 59.5 Å². The molecule has 0 atom stereocenters. The molecule has 10 heteroatoms. The Kier molecular flexibility index (Phi) is 6.46. The zero-order valence-electron chi connectivity index (χ0n) is 20.2. The summed E-state index contributed by atoms with van der Waals surface area (Å²) in [5.41, 5.74) is 2.28. The molecule has 0 bridgehead atoms. The van der Waals surface area contributed by atoms with Gasteiger partial charge in [0.15, 0.2) is 0 Å². The lowest BCUT2D eigenvalue weighted by Crippen LogP contribution is -2.38. The number of fused-ring (bicyclic) bond motifs is 2. The van der Waals surface area contributed by atoms with Crippen molar-refractivity contribution < 1.29 is 21.6 Å². The summed E-state index contributed by atoms with van der Waals surface area (Å²) in [6.45, 7) is 0.493. The number of carbonyl (C=O) groups is 1. The van der Waals surface area contributed by atoms with Crippen LogP contribution in [0.25, 0.3) is 0 Å². The molecule has 0 radical (unpaired) electrons. The number of carbonyl (C=O) groups excluding carboxylic acids is 1. The average Bonchev–Trinajstić information content (AvgIpc) is 3.44. The standard InChI is InChI=1S/C26H31N3O5S2/c1-35(31,32)27-21-12-13-24-23(17-21)26(14-5-2-6-15-26)18-29(24)25(30)19-8-7-11-22(16-19)36(33,34)28-20-9-3-4-10-20/h3-4,7-8,11-13,16-17,20,27-28H,2,5-6,9-10,14-15,18H2,1H3. The molecule has 1 spiro atoms. The topological polar surface area (TPSA) is 113 Å². The maximum Gasteiger partial charge on any atom is 0.258 e. The number of benzene rings is 2. The van der Waals surface area contributed by atoms with Gasteiger partial charge < -0.3 is 4.90 Å². The van der Waals surface area contributed by atoms with E-state index in [1.165, 1.54) is 12.1 Å². The lowest BCUT2D eigenvalue weighted by Gasteiger charge is -2.34. The molecule has 0 unspecified atom stereocenters. The van der Waals surface area contributed by atoms with Crippen LogP contribution in [0.4, 0.5) is 11.4 Å². The van der Waals surface area contributed by atoms with E-state index in [-0.39, 0.29) is 22.3 Å². The van der Waals surface area contributed by atoms with Gasteiger partial charge in [-0.1, -0.05) is 37.5 Å². The summed E-state index contributed by atoms with van der Waals surface area (Å²) < 4.78 is 54.8. The van der Waals surface area contributed by atoms with Crippen molar-refractivity contribution in [3.05, 3.63) is 65.7 Å². The molecule has 1 fully saturated rings. The second-order valence-electron chi connectivity index (χ2n) is 10.1. The number of nitrogens with one attached hydrogen (secondary N) is 2. The molecule has 8 nitrogen and oxygen atoms in total. The van der Waals surface area contributed by atoms with E-state index in [0.717, 1.165) is 49.6 Å². The van der Waals surface area contributed by atoms with Crippen LogP contribution in [0.5, 0.6) is 0 Å². The highest BCUT2D eigenvalue weighted by Crippen LogP contribution is 2.50. The third-order valence-electron chi connectivity index (χ3n) is 7.40. The first-order valence-corrected chi connectivity index (χ1v) is 15.7. The minimum atomic E-state index is -3.76. The molecule has 1 aliphatic heterocycles. The molecular weight excluding hydrogens is 498 g/mol. The summed E-state index contributed by atoms with van der Waals surface area (Å²) in [5, 5.41) is 0. The Bertz CT molecular complexity index is 1420. The summed E-state index contributed by atoms with van der Waals surface area (Å²) in [6, 6.07) is 11.3. The van der Waals surface area contributed by atoms with Crippen LogP contribution in [0.1, 0.15) is 60.9 Å². The SMILES string of the molecule is CS(=O)(=O)Nc1ccc2c(c1)C1(CCCCC1)CN2C(=O)c1cccc(S(=O)(=O)NC2CC=CC2)c1. The first-order valence-electron chi connectivity index (χ1n) is 12.3. The smallest absolute Gasteiger partial charge is 0.258 e. The Morgan fingerprint density at radius 1 is 0.972 bits per heavy atom. The van der Waals surface area contributed by atoms with E-state index in [2.05, 4.69) is 9.44 Å². The monoisotopic (exact) mass is 529 g/mol. The second kappa shape index (κ2) is 9.32. The molecule has 1 heterocycles. The van der Waals surface area contributed by atoms with Crippen molar-refractivity contribution in [2.75, 3.05) is 22.4 Å². The molecule has 0 saturated heterocycles. The third kappa shape index (κ3) is 4.94. The number of hydrogen-bond acceptors (Lipinski definition) is 5. The highest BCUT2D eigenvalue weighted by molar-refractivity contribution is 7.92. The van der Waals surface area contributed by atoms with Crippen molar-refractivity contribution in [2.45, 2.75) is 61.3 Å². The van der Waals surface area contributed by atoms with Gasteiger partial charge >= 0.3 is 0 Å². The van der Waals surface area contributed by atoms with Gasteiger partial charge in [0.05, 0.1) is 11.2 Å². The Morgan fingerprint density at radius 2 is 1.69 bits per heavy atom. The number of hydrogen-bond donors (Lipinski definition) is 2. The molecule has 2 aromatic carbocycles. The maximum atomic E-state index is 13.8. The van der Waals surface area contributed by atoms with Gasteiger partial charge in [0, 0.05) is 34.9 Å². The third-order valence-corrected chi connectivity index (χ3v) is 9.52. The molecule has 3 aliphatic rings. The van der Waals surface area contributed by atoms with Gasteiger partial charge in [-0.25, -0.2) is 21.6 Å². The molecule has 1 amide bonds. The predicted octanol–water partition coefficient (Wildman–Crippen LogP) is 3.92. The van der Waals surface area contributed by atoms with Crippen molar-refractivity contribution in [3.63, 3.8) is 0 Å². The maximum absolute atomic E-state index is 13.8. The van der Waals surface area contributed by atoms with Crippen molar-refractivity contribution in [1.82, 2.24) is 4.72 Å². The fourth-order valence-corrected chi connectivity index (χ4v) is 7.60. The highest BCUT2D eigenvalue weighted by Gasteiger charge is 2.45. The van der Waals surface area contributed by atoms with Crippen molar-refractivity contribution in [1.29, 1.82) is 0 Å². The Morgan fingerprint density at radius 3 is 2.39 bits per heavy atom. The predicted molar refractivity (Wildman–Crippen MR) is 140 cm³/mol. The van der Waals surface area contributed by atoms with Crippen LogP contribution in [-0.2, 0) is 25.5 Å². The minimum Gasteiger partial charge on any atom is -0.307 e. The summed E-state index contributed by atoms with van der Waals surface area (Å²) in [4.78, 5) is 15.6. The van der Waals surface area contributed by atoms with Crippen molar-refractivity contribution in [2.24, 2.45) is 0 Å². The molecule has 1 saturated carbocycles. The molecule has 5 rings (SSSR count). The van der Waals surface area contributed by atoms with Gasteiger partial charge in [-0.15, -0.1) is 0 Å². The lowest BCUT2D eigenvalue weighted by molar-refractivity contribution is 0.0982. The van der Waals surface area contributed by atoms with Gasteiger partial charge in [0.2, 0.25) is 20.0 Å². The fraction of sp³-hybridized carbons (Fsp3) is 0.423. The molecule has 192 valence electrons. The number of anilines is 2. The largest absolute Gasteiger partial charge is 0.307 e. The zero-order chi connectivity index (χ0) is 25.6.